The average molecular weight is 309 g/mol. The number of aromatic carboxylic acids is 1. The Morgan fingerprint density at radius 3 is 2.81 bits per heavy atom. The van der Waals surface area contributed by atoms with Gasteiger partial charge in [-0.15, -0.1) is 11.3 Å². The lowest BCUT2D eigenvalue weighted by Gasteiger charge is -2.07. The number of nitrogens with zero attached hydrogens (tertiary/aromatic N) is 1. The van der Waals surface area contributed by atoms with Crippen LogP contribution < -0.4 is 10.6 Å². The molecule has 8 heteroatoms. The lowest BCUT2D eigenvalue weighted by atomic mass is 10.2. The molecular formula is C13H12FN3O3S. The van der Waals surface area contributed by atoms with Gasteiger partial charge in [-0.05, 0) is 25.1 Å². The molecule has 0 spiro atoms. The van der Waals surface area contributed by atoms with E-state index in [0.29, 0.717) is 0 Å². The lowest BCUT2D eigenvalue weighted by molar-refractivity contribution is 0.0692. The molecule has 3 N–H and O–H groups in total. The average Bonchev–Trinajstić information content (AvgIpc) is 2.84. The van der Waals surface area contributed by atoms with Crippen molar-refractivity contribution in [3.8, 4) is 0 Å². The number of nitrogens with one attached hydrogen (secondary N) is 2. The molecular weight excluding hydrogens is 297 g/mol. The zero-order chi connectivity index (χ0) is 15.4. The van der Waals surface area contributed by atoms with Crippen LogP contribution >= 0.6 is 11.3 Å². The third kappa shape index (κ3) is 3.99. The monoisotopic (exact) mass is 309 g/mol. The van der Waals surface area contributed by atoms with E-state index in [-0.39, 0.29) is 12.2 Å². The van der Waals surface area contributed by atoms with Crippen LogP contribution in [0.5, 0.6) is 0 Å². The number of hydrogen-bond donors (Lipinski definition) is 3. The van der Waals surface area contributed by atoms with Crippen molar-refractivity contribution in [1.82, 2.24) is 10.3 Å². The number of benzene rings is 1. The van der Waals surface area contributed by atoms with E-state index in [2.05, 4.69) is 15.6 Å². The molecule has 6 nitrogen and oxygen atoms in total. The summed E-state index contributed by atoms with van der Waals surface area (Å²) in [5.41, 5.74) is -0.301. The first-order valence-corrected chi connectivity index (χ1v) is 6.76. The number of rotatable bonds is 4. The first-order chi connectivity index (χ1) is 9.95. The molecule has 1 heterocycles. The number of urea groups is 1. The summed E-state index contributed by atoms with van der Waals surface area (Å²) < 4.78 is 13.2. The second-order valence-corrected chi connectivity index (χ2v) is 5.49. The molecule has 0 atom stereocenters. The van der Waals surface area contributed by atoms with Crippen LogP contribution in [0, 0.1) is 12.7 Å². The van der Waals surface area contributed by atoms with E-state index in [0.717, 1.165) is 22.0 Å². The number of thiazole rings is 1. The van der Waals surface area contributed by atoms with Crippen LogP contribution in [0.1, 0.15) is 20.2 Å². The highest BCUT2D eigenvalue weighted by Crippen LogP contribution is 2.15. The molecule has 1 aromatic heterocycles. The molecule has 110 valence electrons. The molecule has 0 unspecified atom stereocenters. The molecule has 0 bridgehead atoms. The van der Waals surface area contributed by atoms with Gasteiger partial charge in [-0.2, -0.15) is 0 Å². The van der Waals surface area contributed by atoms with Gasteiger partial charge in [0.1, 0.15) is 10.8 Å². The number of carbonyl (C=O) groups is 2. The topological polar surface area (TPSA) is 91.3 Å². The second-order valence-electron chi connectivity index (χ2n) is 4.17. The highest BCUT2D eigenvalue weighted by molar-refractivity contribution is 7.11. The molecule has 0 radical (unpaired) electrons. The summed E-state index contributed by atoms with van der Waals surface area (Å²) in [6.07, 6.45) is 1.71. The number of carboxylic acid groups (broad SMARTS) is 1. The third-order valence-corrected chi connectivity index (χ3v) is 3.44. The van der Waals surface area contributed by atoms with E-state index in [1.165, 1.54) is 17.4 Å². The molecule has 1 aromatic carbocycles. The molecule has 0 fully saturated rings. The molecule has 0 aliphatic heterocycles. The van der Waals surface area contributed by atoms with E-state index in [1.807, 2.05) is 6.92 Å². The zero-order valence-electron chi connectivity index (χ0n) is 11.0. The molecule has 0 saturated heterocycles. The summed E-state index contributed by atoms with van der Waals surface area (Å²) in [5.74, 6) is -2.25. The fraction of sp³-hybridized carbons (Fsp3) is 0.154. The van der Waals surface area contributed by atoms with Gasteiger partial charge in [0.2, 0.25) is 0 Å². The van der Waals surface area contributed by atoms with Crippen LogP contribution in [0.4, 0.5) is 14.9 Å². The predicted octanol–water partition coefficient (Wildman–Crippen LogP) is 2.61. The van der Waals surface area contributed by atoms with Crippen LogP contribution in [-0.4, -0.2) is 22.1 Å². The first kappa shape index (κ1) is 14.9. The van der Waals surface area contributed by atoms with Crippen LogP contribution in [0.2, 0.25) is 0 Å². The van der Waals surface area contributed by atoms with Crippen LogP contribution in [0.3, 0.4) is 0 Å². The van der Waals surface area contributed by atoms with Gasteiger partial charge < -0.3 is 15.7 Å². The van der Waals surface area contributed by atoms with Crippen molar-refractivity contribution in [2.75, 3.05) is 5.32 Å². The summed E-state index contributed by atoms with van der Waals surface area (Å²) in [7, 11) is 0. The van der Waals surface area contributed by atoms with Gasteiger partial charge in [-0.25, -0.2) is 19.0 Å². The maximum absolute atomic E-state index is 13.2. The summed E-state index contributed by atoms with van der Waals surface area (Å²) in [4.78, 5) is 27.6. The molecule has 0 saturated carbocycles. The largest absolute Gasteiger partial charge is 0.478 e. The second kappa shape index (κ2) is 6.31. The molecule has 0 aliphatic rings. The van der Waals surface area contributed by atoms with Gasteiger partial charge in [0.05, 0.1) is 12.1 Å². The Morgan fingerprint density at radius 2 is 2.19 bits per heavy atom. The number of amides is 2. The summed E-state index contributed by atoms with van der Waals surface area (Å²) >= 11 is 1.46. The van der Waals surface area contributed by atoms with Gasteiger partial charge in [0.25, 0.3) is 0 Å². The van der Waals surface area contributed by atoms with Gasteiger partial charge in [0, 0.05) is 16.8 Å². The van der Waals surface area contributed by atoms with E-state index >= 15 is 0 Å². The standard InChI is InChI=1S/C13H12FN3O3S/c1-7-5-15-11(21-7)6-16-13(20)17-8-2-3-10(14)9(4-8)12(18)19/h2-5H,6H2,1H3,(H,18,19)(H2,16,17,20). The number of carbonyl (C=O) groups excluding carboxylic acids is 1. The SMILES string of the molecule is Cc1cnc(CNC(=O)Nc2ccc(F)c(C(=O)O)c2)s1. The number of aromatic nitrogens is 1. The Bertz CT molecular complexity index is 687. The fourth-order valence-electron chi connectivity index (χ4n) is 1.58. The summed E-state index contributed by atoms with van der Waals surface area (Å²) in [5, 5.41) is 14.6. The Labute approximate surface area is 123 Å². The summed E-state index contributed by atoms with van der Waals surface area (Å²) in [6, 6.07) is 2.81. The van der Waals surface area contributed by atoms with Crippen molar-refractivity contribution in [2.45, 2.75) is 13.5 Å². The van der Waals surface area contributed by atoms with Crippen molar-refractivity contribution < 1.29 is 19.1 Å². The minimum absolute atomic E-state index is 0.196. The Hall–Kier alpha value is -2.48. The summed E-state index contributed by atoms with van der Waals surface area (Å²) in [6.45, 7) is 2.17. The predicted molar refractivity (Wildman–Crippen MR) is 76.1 cm³/mol. The molecule has 21 heavy (non-hydrogen) atoms. The third-order valence-electron chi connectivity index (χ3n) is 2.52. The van der Waals surface area contributed by atoms with Crippen LogP contribution in [0.15, 0.2) is 24.4 Å². The van der Waals surface area contributed by atoms with Crippen molar-refractivity contribution in [3.63, 3.8) is 0 Å². The molecule has 2 amide bonds. The number of hydrogen-bond acceptors (Lipinski definition) is 4. The smallest absolute Gasteiger partial charge is 0.338 e. The quantitative estimate of drug-likeness (QED) is 0.809. The Kier molecular flexibility index (Phi) is 4.49. The van der Waals surface area contributed by atoms with Crippen molar-refractivity contribution in [3.05, 3.63) is 45.7 Å². The Balaban J connectivity index is 1.96. The van der Waals surface area contributed by atoms with Gasteiger partial charge in [0.15, 0.2) is 0 Å². The maximum atomic E-state index is 13.2. The van der Waals surface area contributed by atoms with E-state index < -0.39 is 23.4 Å². The zero-order valence-corrected chi connectivity index (χ0v) is 11.8. The Morgan fingerprint density at radius 1 is 1.43 bits per heavy atom. The van der Waals surface area contributed by atoms with Crippen molar-refractivity contribution >= 4 is 29.0 Å². The number of aryl methyl sites for hydroxylation is 1. The number of halogens is 1. The van der Waals surface area contributed by atoms with E-state index in [9.17, 15) is 14.0 Å². The molecule has 2 aromatic rings. The van der Waals surface area contributed by atoms with Gasteiger partial charge in [-0.3, -0.25) is 0 Å². The maximum Gasteiger partial charge on any atom is 0.338 e. The van der Waals surface area contributed by atoms with Crippen molar-refractivity contribution in [2.24, 2.45) is 0 Å². The first-order valence-electron chi connectivity index (χ1n) is 5.94. The fourth-order valence-corrected chi connectivity index (χ4v) is 2.31. The number of anilines is 1. The van der Waals surface area contributed by atoms with E-state index in [1.54, 1.807) is 6.20 Å². The van der Waals surface area contributed by atoms with Crippen LogP contribution in [0.25, 0.3) is 0 Å². The van der Waals surface area contributed by atoms with Gasteiger partial charge in [-0.1, -0.05) is 0 Å². The number of carboxylic acids is 1. The van der Waals surface area contributed by atoms with Crippen LogP contribution in [-0.2, 0) is 6.54 Å². The van der Waals surface area contributed by atoms with Gasteiger partial charge >= 0.3 is 12.0 Å². The normalized spacial score (nSPS) is 10.2. The minimum atomic E-state index is -1.39. The molecule has 0 aliphatic carbocycles. The highest BCUT2D eigenvalue weighted by atomic mass is 32.1. The highest BCUT2D eigenvalue weighted by Gasteiger charge is 2.12. The minimum Gasteiger partial charge on any atom is -0.478 e. The van der Waals surface area contributed by atoms with Crippen molar-refractivity contribution in [1.29, 1.82) is 0 Å². The molecule has 2 rings (SSSR count). The lowest BCUT2D eigenvalue weighted by Crippen LogP contribution is -2.28. The van der Waals surface area contributed by atoms with E-state index in [4.69, 9.17) is 5.11 Å².